The van der Waals surface area contributed by atoms with Gasteiger partial charge in [0.25, 0.3) is 0 Å². The third-order valence-corrected chi connectivity index (χ3v) is 5.18. The monoisotopic (exact) mass is 285 g/mol. The standard InChI is InChI=1S/C11H11NO4S2/c1-6-8(7-4-5-12-16-7)11(18(3)14)17-9(6)10(13)15-2/h4-5H,1-3H3/t18-/m0/s1. The lowest BCUT2D eigenvalue weighted by Gasteiger charge is -1.98. The molecule has 0 spiro atoms. The predicted molar refractivity (Wildman–Crippen MR) is 68.2 cm³/mol. The molecule has 96 valence electrons. The van der Waals surface area contributed by atoms with Crippen LogP contribution in [0, 0.1) is 6.92 Å². The van der Waals surface area contributed by atoms with Gasteiger partial charge in [-0.25, -0.2) is 4.79 Å². The van der Waals surface area contributed by atoms with Crippen molar-refractivity contribution >= 4 is 28.1 Å². The van der Waals surface area contributed by atoms with Crippen LogP contribution in [-0.2, 0) is 15.5 Å². The van der Waals surface area contributed by atoms with Gasteiger partial charge in [0.15, 0.2) is 5.76 Å². The summed E-state index contributed by atoms with van der Waals surface area (Å²) in [5.74, 6) is 0.0686. The highest BCUT2D eigenvalue weighted by molar-refractivity contribution is 7.86. The zero-order valence-corrected chi connectivity index (χ0v) is 11.7. The average Bonchev–Trinajstić information content (AvgIpc) is 2.94. The lowest BCUT2D eigenvalue weighted by atomic mass is 10.1. The summed E-state index contributed by atoms with van der Waals surface area (Å²) < 4.78 is 22.1. The summed E-state index contributed by atoms with van der Waals surface area (Å²) >= 11 is 1.16. The first-order chi connectivity index (χ1) is 8.56. The summed E-state index contributed by atoms with van der Waals surface area (Å²) in [4.78, 5) is 12.1. The van der Waals surface area contributed by atoms with Crippen molar-refractivity contribution in [1.82, 2.24) is 5.16 Å². The van der Waals surface area contributed by atoms with Gasteiger partial charge in [-0.1, -0.05) is 5.16 Å². The SMILES string of the molecule is COC(=O)c1sc([S@](C)=O)c(-c2ccno2)c1C. The van der Waals surface area contributed by atoms with Crippen LogP contribution < -0.4 is 0 Å². The quantitative estimate of drug-likeness (QED) is 0.809. The van der Waals surface area contributed by atoms with Gasteiger partial charge in [0.2, 0.25) is 0 Å². The van der Waals surface area contributed by atoms with Crippen molar-refractivity contribution in [1.29, 1.82) is 0 Å². The van der Waals surface area contributed by atoms with E-state index < -0.39 is 16.8 Å². The smallest absolute Gasteiger partial charge is 0.348 e. The molecule has 18 heavy (non-hydrogen) atoms. The fourth-order valence-corrected chi connectivity index (χ4v) is 3.83. The van der Waals surface area contributed by atoms with Crippen molar-refractivity contribution < 1.29 is 18.3 Å². The third-order valence-electron chi connectivity index (χ3n) is 2.43. The minimum atomic E-state index is -1.21. The van der Waals surface area contributed by atoms with Gasteiger partial charge in [0.05, 0.1) is 29.7 Å². The van der Waals surface area contributed by atoms with Crippen LogP contribution in [0.5, 0.6) is 0 Å². The average molecular weight is 285 g/mol. The highest BCUT2D eigenvalue weighted by atomic mass is 32.2. The Kier molecular flexibility index (Phi) is 3.63. The number of aromatic nitrogens is 1. The lowest BCUT2D eigenvalue weighted by Crippen LogP contribution is -1.99. The number of nitrogens with zero attached hydrogens (tertiary/aromatic N) is 1. The van der Waals surface area contributed by atoms with Gasteiger partial charge in [-0.2, -0.15) is 0 Å². The van der Waals surface area contributed by atoms with Crippen molar-refractivity contribution in [3.05, 3.63) is 22.7 Å². The molecule has 2 heterocycles. The summed E-state index contributed by atoms with van der Waals surface area (Å²) in [5.41, 5.74) is 1.37. The van der Waals surface area contributed by atoms with Crippen molar-refractivity contribution in [2.24, 2.45) is 0 Å². The van der Waals surface area contributed by atoms with Crippen LogP contribution in [-0.4, -0.2) is 28.7 Å². The second kappa shape index (κ2) is 5.03. The summed E-state index contributed by atoms with van der Waals surface area (Å²) in [5, 5.41) is 3.63. The molecule has 2 aromatic heterocycles. The van der Waals surface area contributed by atoms with E-state index in [4.69, 9.17) is 9.26 Å². The van der Waals surface area contributed by atoms with E-state index in [9.17, 15) is 9.00 Å². The highest BCUT2D eigenvalue weighted by Gasteiger charge is 2.25. The number of carbonyl (C=O) groups excluding carboxylic acids is 1. The maximum Gasteiger partial charge on any atom is 0.348 e. The van der Waals surface area contributed by atoms with E-state index in [1.54, 1.807) is 19.2 Å². The van der Waals surface area contributed by atoms with Gasteiger partial charge in [-0.05, 0) is 12.5 Å². The fraction of sp³-hybridized carbons (Fsp3) is 0.273. The minimum Gasteiger partial charge on any atom is -0.465 e. The van der Waals surface area contributed by atoms with E-state index in [0.717, 1.165) is 11.3 Å². The van der Waals surface area contributed by atoms with Gasteiger partial charge in [0, 0.05) is 12.3 Å². The molecule has 0 aliphatic carbocycles. The molecule has 5 nitrogen and oxygen atoms in total. The predicted octanol–water partition coefficient (Wildman–Crippen LogP) is 2.24. The molecule has 0 N–H and O–H groups in total. The third kappa shape index (κ3) is 2.11. The largest absolute Gasteiger partial charge is 0.465 e. The van der Waals surface area contributed by atoms with Gasteiger partial charge in [0.1, 0.15) is 9.09 Å². The maximum absolute atomic E-state index is 11.7. The van der Waals surface area contributed by atoms with Crippen LogP contribution >= 0.6 is 11.3 Å². The zero-order chi connectivity index (χ0) is 13.3. The molecule has 0 unspecified atom stereocenters. The number of thiophene rings is 1. The van der Waals surface area contributed by atoms with Crippen LogP contribution in [0.15, 0.2) is 21.0 Å². The Balaban J connectivity index is 2.67. The number of hydrogen-bond donors (Lipinski definition) is 0. The normalized spacial score (nSPS) is 12.4. The molecule has 2 aromatic rings. The number of ether oxygens (including phenoxy) is 1. The highest BCUT2D eigenvalue weighted by Crippen LogP contribution is 2.38. The van der Waals surface area contributed by atoms with Crippen molar-refractivity contribution in [2.75, 3.05) is 13.4 Å². The fourth-order valence-electron chi connectivity index (χ4n) is 1.61. The number of rotatable bonds is 3. The summed E-state index contributed by atoms with van der Waals surface area (Å²) in [7, 11) is 0.108. The number of hydrogen-bond acceptors (Lipinski definition) is 6. The molecule has 0 saturated heterocycles. The molecular formula is C11H11NO4S2. The summed E-state index contributed by atoms with van der Waals surface area (Å²) in [6.07, 6.45) is 3.07. The topological polar surface area (TPSA) is 69.4 Å². The summed E-state index contributed by atoms with van der Waals surface area (Å²) in [6.45, 7) is 1.77. The maximum atomic E-state index is 11.7. The van der Waals surface area contributed by atoms with Crippen LogP contribution in [0.1, 0.15) is 15.2 Å². The molecular weight excluding hydrogens is 274 g/mol. The number of esters is 1. The van der Waals surface area contributed by atoms with E-state index in [-0.39, 0.29) is 0 Å². The Morgan fingerprint density at radius 3 is 2.78 bits per heavy atom. The van der Waals surface area contributed by atoms with Crippen molar-refractivity contribution in [3.8, 4) is 11.3 Å². The number of methoxy groups -OCH3 is 1. The summed E-state index contributed by atoms with van der Waals surface area (Å²) in [6, 6.07) is 1.67. The van der Waals surface area contributed by atoms with Gasteiger partial charge < -0.3 is 9.26 Å². The Morgan fingerprint density at radius 1 is 1.56 bits per heavy atom. The Bertz CT molecular complexity index is 601. The van der Waals surface area contributed by atoms with E-state index in [1.165, 1.54) is 13.3 Å². The second-order valence-corrected chi connectivity index (χ2v) is 6.14. The van der Waals surface area contributed by atoms with Crippen molar-refractivity contribution in [3.63, 3.8) is 0 Å². The van der Waals surface area contributed by atoms with Gasteiger partial charge in [-0.15, -0.1) is 11.3 Å². The van der Waals surface area contributed by atoms with E-state index >= 15 is 0 Å². The van der Waals surface area contributed by atoms with Crippen LogP contribution in [0.3, 0.4) is 0 Å². The van der Waals surface area contributed by atoms with Gasteiger partial charge >= 0.3 is 5.97 Å². The van der Waals surface area contributed by atoms with E-state index in [0.29, 0.717) is 26.0 Å². The molecule has 0 saturated carbocycles. The van der Waals surface area contributed by atoms with Gasteiger partial charge in [-0.3, -0.25) is 4.21 Å². The molecule has 0 aliphatic rings. The molecule has 0 radical (unpaired) electrons. The molecule has 0 aromatic carbocycles. The van der Waals surface area contributed by atoms with E-state index in [2.05, 4.69) is 5.16 Å². The Labute approximate surface area is 110 Å². The molecule has 2 rings (SSSR count). The van der Waals surface area contributed by atoms with Crippen LogP contribution in [0.25, 0.3) is 11.3 Å². The Morgan fingerprint density at radius 2 is 2.28 bits per heavy atom. The Hall–Kier alpha value is -1.47. The minimum absolute atomic E-state index is 0.435. The first-order valence-corrected chi connectivity index (χ1v) is 7.40. The van der Waals surface area contributed by atoms with Crippen LogP contribution in [0.4, 0.5) is 0 Å². The lowest BCUT2D eigenvalue weighted by molar-refractivity contribution is 0.0605. The molecule has 0 fully saturated rings. The second-order valence-electron chi connectivity index (χ2n) is 3.54. The van der Waals surface area contributed by atoms with Crippen molar-refractivity contribution in [2.45, 2.75) is 11.1 Å². The molecule has 0 bridgehead atoms. The first kappa shape index (κ1) is 13.0. The molecule has 0 aliphatic heterocycles. The molecule has 0 amide bonds. The first-order valence-electron chi connectivity index (χ1n) is 5.02. The zero-order valence-electron chi connectivity index (χ0n) is 10.1. The molecule has 7 heteroatoms. The molecule has 1 atom stereocenters. The van der Waals surface area contributed by atoms with E-state index in [1.807, 2.05) is 0 Å². The van der Waals surface area contributed by atoms with Crippen LogP contribution in [0.2, 0.25) is 0 Å². The number of carbonyl (C=O) groups is 1.